The molecule has 0 spiro atoms. The van der Waals surface area contributed by atoms with Crippen molar-refractivity contribution in [1.29, 1.82) is 0 Å². The van der Waals surface area contributed by atoms with Gasteiger partial charge in [-0.25, -0.2) is 8.78 Å². The van der Waals surface area contributed by atoms with Gasteiger partial charge in [0, 0.05) is 25.1 Å². The molecule has 0 heterocycles. The molecule has 4 atom stereocenters. The maximum atomic E-state index is 13.8. The minimum absolute atomic E-state index is 0.0916. The second-order valence-electron chi connectivity index (χ2n) is 6.87. The maximum absolute atomic E-state index is 13.8. The first kappa shape index (κ1) is 19.5. The van der Waals surface area contributed by atoms with Crippen LogP contribution in [0, 0.1) is 11.6 Å². The molecule has 3 rings (SSSR count). The van der Waals surface area contributed by atoms with Crippen molar-refractivity contribution < 1.29 is 23.4 Å². The number of ether oxygens (including phenoxy) is 2. The lowest BCUT2D eigenvalue weighted by molar-refractivity contribution is 0.0123. The maximum Gasteiger partial charge on any atom is 0.167 e. The third-order valence-corrected chi connectivity index (χ3v) is 4.95. The highest BCUT2D eigenvalue weighted by Gasteiger charge is 2.44. The fourth-order valence-electron chi connectivity index (χ4n) is 3.58. The van der Waals surface area contributed by atoms with Gasteiger partial charge in [0.1, 0.15) is 23.8 Å². The van der Waals surface area contributed by atoms with Crippen LogP contribution >= 0.6 is 0 Å². The summed E-state index contributed by atoms with van der Waals surface area (Å²) in [7, 11) is 3.48. The summed E-state index contributed by atoms with van der Waals surface area (Å²) < 4.78 is 37.6. The Labute approximate surface area is 157 Å². The van der Waals surface area contributed by atoms with E-state index in [-0.39, 0.29) is 17.8 Å². The average molecular weight is 378 g/mol. The van der Waals surface area contributed by atoms with Crippen molar-refractivity contribution in [3.63, 3.8) is 0 Å². The van der Waals surface area contributed by atoms with E-state index < -0.39 is 23.8 Å². The number of hydrogen-bond donors (Lipinski definition) is 2. The first-order chi connectivity index (χ1) is 12.9. The summed E-state index contributed by atoms with van der Waals surface area (Å²) in [5, 5.41) is 10.7. The van der Waals surface area contributed by atoms with Crippen molar-refractivity contribution in [2.24, 2.45) is 5.73 Å². The van der Waals surface area contributed by atoms with E-state index in [0.717, 1.165) is 23.4 Å². The van der Waals surface area contributed by atoms with E-state index in [1.54, 1.807) is 7.11 Å². The van der Waals surface area contributed by atoms with Gasteiger partial charge in [-0.2, -0.15) is 0 Å². The van der Waals surface area contributed by atoms with Gasteiger partial charge in [0.2, 0.25) is 0 Å². The van der Waals surface area contributed by atoms with E-state index in [1.165, 1.54) is 6.07 Å². The molecule has 0 radical (unpaired) electrons. The number of halogens is 2. The van der Waals surface area contributed by atoms with Gasteiger partial charge >= 0.3 is 0 Å². The number of aliphatic hydroxyl groups excluding tert-OH is 1. The zero-order valence-corrected chi connectivity index (χ0v) is 15.3. The third-order valence-electron chi connectivity index (χ3n) is 4.95. The molecule has 146 valence electrons. The molecule has 2 aromatic carbocycles. The minimum atomic E-state index is -0.896. The van der Waals surface area contributed by atoms with Gasteiger partial charge in [0.25, 0.3) is 0 Å². The summed E-state index contributed by atoms with van der Waals surface area (Å²) in [4.78, 5) is 1.96. The minimum Gasteiger partial charge on any atom is -0.497 e. The van der Waals surface area contributed by atoms with Crippen LogP contribution in [-0.2, 0) is 6.54 Å². The van der Waals surface area contributed by atoms with Gasteiger partial charge in [-0.3, -0.25) is 4.90 Å². The molecule has 0 aliphatic heterocycles. The molecule has 0 bridgehead atoms. The van der Waals surface area contributed by atoms with Crippen molar-refractivity contribution >= 4 is 0 Å². The molecule has 1 saturated carbocycles. The van der Waals surface area contributed by atoms with Crippen LogP contribution in [-0.4, -0.2) is 48.5 Å². The first-order valence-electron chi connectivity index (χ1n) is 8.77. The molecule has 0 amide bonds. The fourth-order valence-corrected chi connectivity index (χ4v) is 3.58. The first-order valence-corrected chi connectivity index (χ1v) is 8.77. The average Bonchev–Trinajstić information content (AvgIpc) is 2.91. The summed E-state index contributed by atoms with van der Waals surface area (Å²) in [6.07, 6.45) is -1.19. The predicted octanol–water partition coefficient (Wildman–Crippen LogP) is 2.31. The zero-order chi connectivity index (χ0) is 19.6. The van der Waals surface area contributed by atoms with Gasteiger partial charge < -0.3 is 20.3 Å². The topological polar surface area (TPSA) is 68.0 Å². The molecule has 5 nitrogen and oxygen atoms in total. The summed E-state index contributed by atoms with van der Waals surface area (Å²) in [6.45, 7) is 0.580. The van der Waals surface area contributed by atoms with Crippen LogP contribution in [0.3, 0.4) is 0 Å². The monoisotopic (exact) mass is 378 g/mol. The second kappa shape index (κ2) is 8.21. The number of rotatable bonds is 6. The van der Waals surface area contributed by atoms with Crippen LogP contribution in [0.15, 0.2) is 42.5 Å². The SMILES string of the molecule is COc1ccc(CN(C)[C@@H]2[C@@H](O)[C@H](Oc3ccc(F)cc3F)C[C@H]2N)cc1. The summed E-state index contributed by atoms with van der Waals surface area (Å²) >= 11 is 0. The Morgan fingerprint density at radius 2 is 1.89 bits per heavy atom. The lowest BCUT2D eigenvalue weighted by Gasteiger charge is -2.30. The Kier molecular flexibility index (Phi) is 5.94. The van der Waals surface area contributed by atoms with E-state index >= 15 is 0 Å². The molecule has 0 aromatic heterocycles. The zero-order valence-electron chi connectivity index (χ0n) is 15.3. The number of likely N-dealkylation sites (N-methyl/N-ethyl adjacent to an activating group) is 1. The highest BCUT2D eigenvalue weighted by Crippen LogP contribution is 2.30. The number of nitrogens with zero attached hydrogens (tertiary/aromatic N) is 1. The lowest BCUT2D eigenvalue weighted by atomic mass is 10.1. The highest BCUT2D eigenvalue weighted by atomic mass is 19.1. The number of aliphatic hydroxyl groups is 1. The molecule has 3 N–H and O–H groups in total. The summed E-state index contributed by atoms with van der Waals surface area (Å²) in [6, 6.07) is 10.1. The lowest BCUT2D eigenvalue weighted by Crippen LogP contribution is -2.48. The Hall–Kier alpha value is -2.22. The van der Waals surface area contributed by atoms with E-state index in [4.69, 9.17) is 15.2 Å². The fraction of sp³-hybridized carbons (Fsp3) is 0.400. The Morgan fingerprint density at radius 3 is 2.52 bits per heavy atom. The van der Waals surface area contributed by atoms with Crippen molar-refractivity contribution in [2.75, 3.05) is 14.2 Å². The Bertz CT molecular complexity index is 772. The quantitative estimate of drug-likeness (QED) is 0.808. The number of benzene rings is 2. The van der Waals surface area contributed by atoms with Crippen molar-refractivity contribution in [3.8, 4) is 11.5 Å². The largest absolute Gasteiger partial charge is 0.497 e. The molecular weight excluding hydrogens is 354 g/mol. The predicted molar refractivity (Wildman–Crippen MR) is 97.6 cm³/mol. The van der Waals surface area contributed by atoms with Crippen LogP contribution in [0.2, 0.25) is 0 Å². The molecule has 1 aliphatic rings. The van der Waals surface area contributed by atoms with Crippen molar-refractivity contribution in [2.45, 2.75) is 37.3 Å². The third kappa shape index (κ3) is 4.37. The Balaban J connectivity index is 1.67. The van der Waals surface area contributed by atoms with Gasteiger partial charge in [0.05, 0.1) is 13.2 Å². The molecular formula is C20H24F2N2O3. The van der Waals surface area contributed by atoms with Gasteiger partial charge in [-0.05, 0) is 36.9 Å². The van der Waals surface area contributed by atoms with Crippen LogP contribution in [0.4, 0.5) is 8.78 Å². The molecule has 7 heteroatoms. The standard InChI is InChI=1S/C20H24F2N2O3/c1-24(11-12-3-6-14(26-2)7-4-12)19-16(23)10-18(20(19)25)27-17-8-5-13(21)9-15(17)22/h3-9,16,18-20,25H,10-11,23H2,1-2H3/t16-,18-,19+,20+/m1/s1. The van der Waals surface area contributed by atoms with Crippen LogP contribution in [0.25, 0.3) is 0 Å². The van der Waals surface area contributed by atoms with Crippen LogP contribution in [0.5, 0.6) is 11.5 Å². The number of hydrogen-bond acceptors (Lipinski definition) is 5. The number of nitrogens with two attached hydrogens (primary N) is 1. The molecule has 1 aliphatic carbocycles. The highest BCUT2D eigenvalue weighted by molar-refractivity contribution is 5.27. The van der Waals surface area contributed by atoms with Crippen LogP contribution < -0.4 is 15.2 Å². The molecule has 27 heavy (non-hydrogen) atoms. The summed E-state index contributed by atoms with van der Waals surface area (Å²) in [5.41, 5.74) is 7.27. The molecule has 0 saturated heterocycles. The van der Waals surface area contributed by atoms with Crippen molar-refractivity contribution in [1.82, 2.24) is 4.90 Å². The van der Waals surface area contributed by atoms with Gasteiger partial charge in [-0.1, -0.05) is 12.1 Å². The van der Waals surface area contributed by atoms with Gasteiger partial charge in [-0.15, -0.1) is 0 Å². The Morgan fingerprint density at radius 1 is 1.19 bits per heavy atom. The molecule has 1 fully saturated rings. The van der Waals surface area contributed by atoms with E-state index in [1.807, 2.05) is 36.2 Å². The molecule has 2 aromatic rings. The van der Waals surface area contributed by atoms with Crippen LogP contribution in [0.1, 0.15) is 12.0 Å². The normalized spacial score (nSPS) is 25.0. The van der Waals surface area contributed by atoms with E-state index in [2.05, 4.69) is 0 Å². The van der Waals surface area contributed by atoms with Crippen molar-refractivity contribution in [3.05, 3.63) is 59.7 Å². The van der Waals surface area contributed by atoms with E-state index in [9.17, 15) is 13.9 Å². The van der Waals surface area contributed by atoms with E-state index in [0.29, 0.717) is 13.0 Å². The smallest absolute Gasteiger partial charge is 0.167 e. The summed E-state index contributed by atoms with van der Waals surface area (Å²) in [5.74, 6) is -0.800. The van der Waals surface area contributed by atoms with Gasteiger partial charge in [0.15, 0.2) is 11.6 Å². The molecule has 0 unspecified atom stereocenters. The number of methoxy groups -OCH3 is 1. The second-order valence-corrected chi connectivity index (χ2v) is 6.87.